The zero-order chi connectivity index (χ0) is 13.4. The van der Waals surface area contributed by atoms with Gasteiger partial charge in [-0.15, -0.1) is 0 Å². The van der Waals surface area contributed by atoms with Crippen LogP contribution in [0.3, 0.4) is 0 Å². The van der Waals surface area contributed by atoms with Crippen molar-refractivity contribution in [3.63, 3.8) is 0 Å². The molecule has 18 heavy (non-hydrogen) atoms. The van der Waals surface area contributed by atoms with Gasteiger partial charge in [0.15, 0.2) is 0 Å². The minimum absolute atomic E-state index is 0.0743. The summed E-state index contributed by atoms with van der Waals surface area (Å²) in [5.41, 5.74) is 0.957. The van der Waals surface area contributed by atoms with Crippen LogP contribution >= 0.6 is 0 Å². The molecule has 0 aliphatic heterocycles. The Morgan fingerprint density at radius 1 is 1.39 bits per heavy atom. The zero-order valence-electron chi connectivity index (χ0n) is 11.6. The summed E-state index contributed by atoms with van der Waals surface area (Å²) in [6.45, 7) is 6.61. The monoisotopic (exact) mass is 249 g/mol. The number of hydrogen-bond acceptors (Lipinski definition) is 3. The molecule has 1 aromatic rings. The molecule has 3 nitrogen and oxygen atoms in total. The van der Waals surface area contributed by atoms with Crippen LogP contribution in [0.25, 0.3) is 0 Å². The Bertz CT molecular complexity index is 351. The molecule has 0 aliphatic carbocycles. The largest absolute Gasteiger partial charge is 0.466 e. The van der Waals surface area contributed by atoms with E-state index >= 15 is 0 Å². The summed E-state index contributed by atoms with van der Waals surface area (Å²) in [5, 5.41) is 0. The number of pyridine rings is 1. The van der Waals surface area contributed by atoms with E-state index in [9.17, 15) is 4.79 Å². The van der Waals surface area contributed by atoms with Crippen LogP contribution in [0, 0.1) is 11.8 Å². The lowest BCUT2D eigenvalue weighted by atomic mass is 9.90. The summed E-state index contributed by atoms with van der Waals surface area (Å²) in [5.74, 6) is 0.362. The number of aromatic nitrogens is 1. The summed E-state index contributed by atoms with van der Waals surface area (Å²) in [6.07, 6.45) is 4.38. The molecule has 0 bridgehead atoms. The fourth-order valence-corrected chi connectivity index (χ4v) is 1.95. The molecule has 0 fully saturated rings. The van der Waals surface area contributed by atoms with E-state index in [0.29, 0.717) is 18.9 Å². The molecule has 0 saturated carbocycles. The average Bonchev–Trinajstić information content (AvgIpc) is 2.39. The molecular weight excluding hydrogens is 226 g/mol. The summed E-state index contributed by atoms with van der Waals surface area (Å²) in [6, 6.07) is 5.80. The molecule has 0 radical (unpaired) electrons. The van der Waals surface area contributed by atoms with Crippen LogP contribution in [-0.4, -0.2) is 17.6 Å². The van der Waals surface area contributed by atoms with Crippen molar-refractivity contribution in [2.45, 2.75) is 40.0 Å². The number of carbonyl (C=O) groups excluding carboxylic acids is 1. The zero-order valence-corrected chi connectivity index (χ0v) is 11.6. The fraction of sp³-hybridized carbons (Fsp3) is 0.600. The minimum Gasteiger partial charge on any atom is -0.466 e. The van der Waals surface area contributed by atoms with Gasteiger partial charge in [0.05, 0.1) is 12.5 Å². The average molecular weight is 249 g/mol. The third-order valence-electron chi connectivity index (χ3n) is 3.19. The quantitative estimate of drug-likeness (QED) is 0.696. The highest BCUT2D eigenvalue weighted by Gasteiger charge is 2.22. The summed E-state index contributed by atoms with van der Waals surface area (Å²) in [7, 11) is 0. The predicted molar refractivity (Wildman–Crippen MR) is 72.1 cm³/mol. The van der Waals surface area contributed by atoms with Crippen molar-refractivity contribution in [3.05, 3.63) is 30.1 Å². The lowest BCUT2D eigenvalue weighted by molar-refractivity contribution is -0.148. The van der Waals surface area contributed by atoms with Gasteiger partial charge >= 0.3 is 5.97 Å². The number of nitrogens with zero attached hydrogens (tertiary/aromatic N) is 1. The summed E-state index contributed by atoms with van der Waals surface area (Å²) < 4.78 is 5.15. The Morgan fingerprint density at radius 2 is 2.17 bits per heavy atom. The Morgan fingerprint density at radius 3 is 2.72 bits per heavy atom. The lowest BCUT2D eigenvalue weighted by Gasteiger charge is -2.18. The van der Waals surface area contributed by atoms with Crippen molar-refractivity contribution < 1.29 is 9.53 Å². The topological polar surface area (TPSA) is 39.2 Å². The standard InChI is InChI=1S/C15H23NO2/c1-4-12(3)10-13(15(17)18-5-2)11-14-8-6-7-9-16-14/h6-9,12-13H,4-5,10-11H2,1-3H3. The second-order valence-electron chi connectivity index (χ2n) is 4.72. The molecule has 1 aromatic heterocycles. The Balaban J connectivity index is 2.68. The van der Waals surface area contributed by atoms with Crippen molar-refractivity contribution in [3.8, 4) is 0 Å². The third-order valence-corrected chi connectivity index (χ3v) is 3.19. The fourth-order valence-electron chi connectivity index (χ4n) is 1.95. The maximum Gasteiger partial charge on any atom is 0.309 e. The highest BCUT2D eigenvalue weighted by atomic mass is 16.5. The lowest BCUT2D eigenvalue weighted by Crippen LogP contribution is -2.22. The molecule has 2 atom stereocenters. The number of esters is 1. The maximum atomic E-state index is 11.9. The number of carbonyl (C=O) groups is 1. The van der Waals surface area contributed by atoms with Crippen molar-refractivity contribution in [1.82, 2.24) is 4.98 Å². The first kappa shape index (κ1) is 14.7. The molecule has 2 unspecified atom stereocenters. The molecule has 3 heteroatoms. The Kier molecular flexibility index (Phi) is 6.40. The first-order chi connectivity index (χ1) is 8.67. The van der Waals surface area contributed by atoms with Crippen LogP contribution in [0.1, 0.15) is 39.3 Å². The van der Waals surface area contributed by atoms with Gasteiger partial charge in [-0.1, -0.05) is 26.3 Å². The van der Waals surface area contributed by atoms with Crippen molar-refractivity contribution in [2.24, 2.45) is 11.8 Å². The minimum atomic E-state index is -0.0940. The highest BCUT2D eigenvalue weighted by molar-refractivity contribution is 5.72. The molecule has 0 N–H and O–H groups in total. The molecule has 0 amide bonds. The van der Waals surface area contributed by atoms with Crippen molar-refractivity contribution in [1.29, 1.82) is 0 Å². The first-order valence-corrected chi connectivity index (χ1v) is 6.73. The van der Waals surface area contributed by atoms with E-state index in [0.717, 1.165) is 18.5 Å². The normalized spacial score (nSPS) is 13.9. The van der Waals surface area contributed by atoms with E-state index in [1.54, 1.807) is 6.20 Å². The number of ether oxygens (including phenoxy) is 1. The van der Waals surface area contributed by atoms with Gasteiger partial charge in [-0.25, -0.2) is 0 Å². The van der Waals surface area contributed by atoms with E-state index in [1.807, 2.05) is 25.1 Å². The van der Waals surface area contributed by atoms with E-state index in [2.05, 4.69) is 18.8 Å². The van der Waals surface area contributed by atoms with Crippen LogP contribution in [0.15, 0.2) is 24.4 Å². The smallest absolute Gasteiger partial charge is 0.309 e. The van der Waals surface area contributed by atoms with Gasteiger partial charge in [0.2, 0.25) is 0 Å². The SMILES string of the molecule is CCOC(=O)C(Cc1ccccn1)CC(C)CC. The molecule has 0 saturated heterocycles. The second-order valence-corrected chi connectivity index (χ2v) is 4.72. The van der Waals surface area contributed by atoms with Gasteiger partial charge < -0.3 is 4.74 Å². The van der Waals surface area contributed by atoms with Gasteiger partial charge in [0.1, 0.15) is 0 Å². The van der Waals surface area contributed by atoms with Gasteiger partial charge in [-0.3, -0.25) is 9.78 Å². The highest BCUT2D eigenvalue weighted by Crippen LogP contribution is 2.20. The number of rotatable bonds is 7. The summed E-state index contributed by atoms with van der Waals surface area (Å²) >= 11 is 0. The van der Waals surface area contributed by atoms with Crippen molar-refractivity contribution in [2.75, 3.05) is 6.61 Å². The van der Waals surface area contributed by atoms with Gasteiger partial charge in [0, 0.05) is 18.3 Å². The Hall–Kier alpha value is -1.38. The van der Waals surface area contributed by atoms with Crippen LogP contribution in [0.4, 0.5) is 0 Å². The molecule has 0 aliphatic rings. The van der Waals surface area contributed by atoms with Gasteiger partial charge in [-0.2, -0.15) is 0 Å². The van der Waals surface area contributed by atoms with E-state index in [4.69, 9.17) is 4.74 Å². The van der Waals surface area contributed by atoms with Crippen LogP contribution < -0.4 is 0 Å². The van der Waals surface area contributed by atoms with Crippen molar-refractivity contribution >= 4 is 5.97 Å². The Labute approximate surface area is 110 Å². The van der Waals surface area contributed by atoms with Crippen LogP contribution in [0.5, 0.6) is 0 Å². The van der Waals surface area contributed by atoms with E-state index in [-0.39, 0.29) is 11.9 Å². The molecule has 1 heterocycles. The van der Waals surface area contributed by atoms with E-state index < -0.39 is 0 Å². The first-order valence-electron chi connectivity index (χ1n) is 6.73. The van der Waals surface area contributed by atoms with Gasteiger partial charge in [0.25, 0.3) is 0 Å². The number of hydrogen-bond donors (Lipinski definition) is 0. The molecule has 0 spiro atoms. The molecular formula is C15H23NO2. The summed E-state index contributed by atoms with van der Waals surface area (Å²) in [4.78, 5) is 16.2. The predicted octanol–water partition coefficient (Wildman–Crippen LogP) is 3.24. The molecule has 0 aromatic carbocycles. The maximum absolute atomic E-state index is 11.9. The van der Waals surface area contributed by atoms with Crippen LogP contribution in [0.2, 0.25) is 0 Å². The molecule has 1 rings (SSSR count). The van der Waals surface area contributed by atoms with E-state index in [1.165, 1.54) is 0 Å². The van der Waals surface area contributed by atoms with Gasteiger partial charge in [-0.05, 0) is 31.4 Å². The third kappa shape index (κ3) is 4.86. The molecule has 100 valence electrons. The second kappa shape index (κ2) is 7.85. The van der Waals surface area contributed by atoms with Crippen LogP contribution in [-0.2, 0) is 16.0 Å².